The van der Waals surface area contributed by atoms with Gasteiger partial charge >= 0.3 is 0 Å². The second-order valence-electron chi connectivity index (χ2n) is 5.27. The first-order chi connectivity index (χ1) is 12.4. The van der Waals surface area contributed by atoms with Gasteiger partial charge in [-0.3, -0.25) is 0 Å². The van der Waals surface area contributed by atoms with Gasteiger partial charge in [0.15, 0.2) is 11.5 Å². The maximum absolute atomic E-state index is 5.89. The number of nitrogens with zero attached hydrogens (tertiary/aromatic N) is 2. The van der Waals surface area contributed by atoms with Crippen molar-refractivity contribution in [2.24, 2.45) is 0 Å². The summed E-state index contributed by atoms with van der Waals surface area (Å²) in [6, 6.07) is 3.56. The molecule has 8 nitrogen and oxygen atoms in total. The Balaban J connectivity index is 2.48. The summed E-state index contributed by atoms with van der Waals surface area (Å²) in [5, 5.41) is 0. The molecular formula is C18H22N4O4. The van der Waals surface area contributed by atoms with Gasteiger partial charge in [-0.1, -0.05) is 11.8 Å². The van der Waals surface area contributed by atoms with Crippen molar-refractivity contribution in [2.75, 3.05) is 39.9 Å². The molecule has 2 aromatic rings. The van der Waals surface area contributed by atoms with Crippen LogP contribution in [0.25, 0.3) is 0 Å². The fraction of sp³-hybridized carbons (Fsp3) is 0.333. The van der Waals surface area contributed by atoms with Gasteiger partial charge in [0.05, 0.1) is 32.6 Å². The van der Waals surface area contributed by atoms with Crippen LogP contribution in [0.1, 0.15) is 22.9 Å². The van der Waals surface area contributed by atoms with E-state index < -0.39 is 6.10 Å². The van der Waals surface area contributed by atoms with Gasteiger partial charge in [-0.2, -0.15) is 4.98 Å². The topological polar surface area (TPSA) is 115 Å². The lowest BCUT2D eigenvalue weighted by Crippen LogP contribution is -2.05. The first-order valence-corrected chi connectivity index (χ1v) is 7.68. The van der Waals surface area contributed by atoms with E-state index in [-0.39, 0.29) is 11.8 Å². The highest BCUT2D eigenvalue weighted by Crippen LogP contribution is 2.40. The summed E-state index contributed by atoms with van der Waals surface area (Å²) in [5.74, 6) is 7.84. The third-order valence-electron chi connectivity index (χ3n) is 3.69. The van der Waals surface area contributed by atoms with Crippen molar-refractivity contribution >= 4 is 11.8 Å². The molecule has 0 aliphatic carbocycles. The molecule has 4 N–H and O–H groups in total. The molecule has 0 spiro atoms. The van der Waals surface area contributed by atoms with Crippen molar-refractivity contribution in [2.45, 2.75) is 13.0 Å². The first-order valence-electron chi connectivity index (χ1n) is 7.68. The number of ether oxygens (including phenoxy) is 4. The van der Waals surface area contributed by atoms with E-state index in [1.165, 1.54) is 0 Å². The Bertz CT molecular complexity index is 810. The number of anilines is 2. The molecule has 0 bridgehead atoms. The summed E-state index contributed by atoms with van der Waals surface area (Å²) in [6.07, 6.45) is -0.556. The van der Waals surface area contributed by atoms with E-state index >= 15 is 0 Å². The summed E-state index contributed by atoms with van der Waals surface area (Å²) >= 11 is 0. The molecule has 138 valence electrons. The van der Waals surface area contributed by atoms with E-state index in [0.717, 1.165) is 5.56 Å². The molecule has 0 unspecified atom stereocenters. The van der Waals surface area contributed by atoms with Crippen molar-refractivity contribution < 1.29 is 18.9 Å². The van der Waals surface area contributed by atoms with Crippen LogP contribution in [0.5, 0.6) is 17.2 Å². The SMILES string of the molecule is COc1cc([C@@H](C#Cc2c(C)nc(N)nc2N)OC)cc(OC)c1OC. The summed E-state index contributed by atoms with van der Waals surface area (Å²) < 4.78 is 21.6. The van der Waals surface area contributed by atoms with E-state index in [1.54, 1.807) is 47.5 Å². The van der Waals surface area contributed by atoms with Crippen molar-refractivity contribution in [1.82, 2.24) is 9.97 Å². The molecule has 0 saturated carbocycles. The first kappa shape index (κ1) is 19.1. The van der Waals surface area contributed by atoms with Gasteiger partial charge in [0.25, 0.3) is 0 Å². The van der Waals surface area contributed by atoms with E-state index in [1.807, 2.05) is 0 Å². The molecule has 8 heteroatoms. The van der Waals surface area contributed by atoms with Crippen molar-refractivity contribution in [3.8, 4) is 29.1 Å². The van der Waals surface area contributed by atoms with Crippen LogP contribution in [-0.4, -0.2) is 38.4 Å². The summed E-state index contributed by atoms with van der Waals surface area (Å²) in [7, 11) is 6.19. The van der Waals surface area contributed by atoms with Crippen molar-refractivity contribution in [1.29, 1.82) is 0 Å². The number of benzene rings is 1. The van der Waals surface area contributed by atoms with Gasteiger partial charge in [-0.25, -0.2) is 4.98 Å². The van der Waals surface area contributed by atoms with Crippen LogP contribution in [0, 0.1) is 18.8 Å². The number of nitrogens with two attached hydrogens (primary N) is 2. The van der Waals surface area contributed by atoms with E-state index in [9.17, 15) is 0 Å². The normalized spacial score (nSPS) is 11.3. The summed E-state index contributed by atoms with van der Waals surface area (Å²) in [4.78, 5) is 8.01. The zero-order chi connectivity index (χ0) is 19.3. The zero-order valence-corrected chi connectivity index (χ0v) is 15.4. The minimum Gasteiger partial charge on any atom is -0.493 e. The Morgan fingerprint density at radius 2 is 1.58 bits per heavy atom. The molecule has 0 saturated heterocycles. The van der Waals surface area contributed by atoms with Crippen molar-refractivity contribution in [3.63, 3.8) is 0 Å². The number of rotatable bonds is 5. The largest absolute Gasteiger partial charge is 0.493 e. The van der Waals surface area contributed by atoms with Gasteiger partial charge < -0.3 is 30.4 Å². The van der Waals surface area contributed by atoms with Crippen LogP contribution in [0.4, 0.5) is 11.8 Å². The van der Waals surface area contributed by atoms with Gasteiger partial charge in [-0.05, 0) is 19.1 Å². The average molecular weight is 358 g/mol. The van der Waals surface area contributed by atoms with Crippen LogP contribution in [0.2, 0.25) is 0 Å². The van der Waals surface area contributed by atoms with Crippen LogP contribution >= 0.6 is 0 Å². The maximum atomic E-state index is 5.89. The summed E-state index contributed by atoms with van der Waals surface area (Å²) in [5.41, 5.74) is 13.3. The lowest BCUT2D eigenvalue weighted by Gasteiger charge is -2.16. The molecule has 0 aliphatic heterocycles. The van der Waals surface area contributed by atoms with Gasteiger partial charge in [0.2, 0.25) is 11.7 Å². The Morgan fingerprint density at radius 3 is 2.04 bits per heavy atom. The Hall–Kier alpha value is -3.18. The molecule has 0 aliphatic rings. The zero-order valence-electron chi connectivity index (χ0n) is 15.4. The van der Waals surface area contributed by atoms with E-state index in [2.05, 4.69) is 21.8 Å². The van der Waals surface area contributed by atoms with Gasteiger partial charge in [0.1, 0.15) is 11.9 Å². The highest BCUT2D eigenvalue weighted by molar-refractivity contribution is 5.57. The molecule has 1 aromatic heterocycles. The predicted octanol–water partition coefficient (Wildman–Crippen LogP) is 1.71. The van der Waals surface area contributed by atoms with Crippen LogP contribution in [-0.2, 0) is 4.74 Å². The second kappa shape index (κ2) is 8.27. The van der Waals surface area contributed by atoms with Crippen LogP contribution < -0.4 is 25.7 Å². The highest BCUT2D eigenvalue weighted by atomic mass is 16.5. The number of nitrogen functional groups attached to an aromatic ring is 2. The maximum Gasteiger partial charge on any atom is 0.222 e. The molecule has 0 radical (unpaired) electrons. The standard InChI is InChI=1S/C18H22N4O4/c1-10-12(17(19)22-18(20)21-10)6-7-13(23-2)11-8-14(24-3)16(26-5)15(9-11)25-4/h8-9,13H,1-5H3,(H4,19,20,21,22)/t13-/m1/s1. The van der Waals surface area contributed by atoms with E-state index in [0.29, 0.717) is 28.5 Å². The fourth-order valence-electron chi connectivity index (χ4n) is 2.44. The lowest BCUT2D eigenvalue weighted by molar-refractivity contribution is 0.149. The minimum atomic E-state index is -0.556. The fourth-order valence-corrected chi connectivity index (χ4v) is 2.44. The van der Waals surface area contributed by atoms with Crippen LogP contribution in [0.15, 0.2) is 12.1 Å². The average Bonchev–Trinajstić information content (AvgIpc) is 2.62. The molecule has 1 aromatic carbocycles. The number of aryl methyl sites for hydroxylation is 1. The third kappa shape index (κ3) is 3.90. The highest BCUT2D eigenvalue weighted by Gasteiger charge is 2.17. The van der Waals surface area contributed by atoms with Gasteiger partial charge in [0, 0.05) is 12.7 Å². The predicted molar refractivity (Wildman–Crippen MR) is 98.3 cm³/mol. The summed E-state index contributed by atoms with van der Waals surface area (Å²) in [6.45, 7) is 1.76. The molecular weight excluding hydrogens is 336 g/mol. The Kier molecular flexibility index (Phi) is 6.09. The lowest BCUT2D eigenvalue weighted by atomic mass is 10.1. The Morgan fingerprint density at radius 1 is 0.962 bits per heavy atom. The van der Waals surface area contributed by atoms with E-state index in [4.69, 9.17) is 30.4 Å². The number of aromatic nitrogens is 2. The molecule has 2 rings (SSSR count). The molecule has 1 heterocycles. The monoisotopic (exact) mass is 358 g/mol. The molecule has 26 heavy (non-hydrogen) atoms. The minimum absolute atomic E-state index is 0.110. The smallest absolute Gasteiger partial charge is 0.222 e. The number of methoxy groups -OCH3 is 4. The molecule has 1 atom stereocenters. The van der Waals surface area contributed by atoms with Crippen molar-refractivity contribution in [3.05, 3.63) is 29.0 Å². The second-order valence-corrected chi connectivity index (χ2v) is 5.27. The number of hydrogen-bond donors (Lipinski definition) is 2. The third-order valence-corrected chi connectivity index (χ3v) is 3.69. The van der Waals surface area contributed by atoms with Gasteiger partial charge in [-0.15, -0.1) is 0 Å². The molecule has 0 fully saturated rings. The molecule has 0 amide bonds. The number of hydrogen-bond acceptors (Lipinski definition) is 8. The van der Waals surface area contributed by atoms with Crippen LogP contribution in [0.3, 0.4) is 0 Å². The Labute approximate surface area is 152 Å². The quantitative estimate of drug-likeness (QED) is 0.776.